The Bertz CT molecular complexity index is 607. The van der Waals surface area contributed by atoms with Crippen molar-refractivity contribution in [2.45, 2.75) is 19.3 Å². The lowest BCUT2D eigenvalue weighted by atomic mass is 10.1. The van der Waals surface area contributed by atoms with E-state index in [1.165, 1.54) is 14.2 Å². The van der Waals surface area contributed by atoms with Crippen molar-refractivity contribution in [1.29, 1.82) is 0 Å². The van der Waals surface area contributed by atoms with Crippen LogP contribution in [0.15, 0.2) is 24.8 Å². The number of piperidine rings is 1. The summed E-state index contributed by atoms with van der Waals surface area (Å²) in [6.07, 6.45) is 4.28. The molecule has 23 heavy (non-hydrogen) atoms. The lowest BCUT2D eigenvalue weighted by Crippen LogP contribution is -2.36. The summed E-state index contributed by atoms with van der Waals surface area (Å²) in [7, 11) is 3.01. The zero-order valence-electron chi connectivity index (χ0n) is 13.6. The normalized spacial score (nSPS) is 14.1. The molecule has 0 spiro atoms. The fraction of sp³-hybridized carbons (Fsp3) is 0.412. The Balaban J connectivity index is 2.42. The van der Waals surface area contributed by atoms with Gasteiger partial charge < -0.3 is 19.7 Å². The zero-order chi connectivity index (χ0) is 16.8. The molecule has 6 nitrogen and oxygen atoms in total. The van der Waals surface area contributed by atoms with Gasteiger partial charge in [-0.3, -0.25) is 9.59 Å². The van der Waals surface area contributed by atoms with Crippen LogP contribution in [0, 0.1) is 0 Å². The molecule has 124 valence electrons. The molecule has 6 heteroatoms. The van der Waals surface area contributed by atoms with E-state index in [9.17, 15) is 9.59 Å². The van der Waals surface area contributed by atoms with Gasteiger partial charge in [0.15, 0.2) is 11.5 Å². The average molecular weight is 318 g/mol. The molecule has 1 aromatic rings. The molecule has 0 aromatic heterocycles. The van der Waals surface area contributed by atoms with Crippen LogP contribution in [-0.4, -0.2) is 44.0 Å². The van der Waals surface area contributed by atoms with Crippen molar-refractivity contribution in [1.82, 2.24) is 4.90 Å². The molecular formula is C17H22N2O4. The molecule has 1 N–H and O–H groups in total. The lowest BCUT2D eigenvalue weighted by Gasteiger charge is -2.28. The number of carbonyl (C=O) groups excluding carboxylic acids is 2. The average Bonchev–Trinajstić information content (AvgIpc) is 2.61. The first-order chi connectivity index (χ1) is 11.1. The number of hydrogen-bond donors (Lipinski definition) is 1. The van der Waals surface area contributed by atoms with E-state index in [1.54, 1.807) is 17.0 Å². The molecule has 1 heterocycles. The smallest absolute Gasteiger partial charge is 0.256 e. The Morgan fingerprint density at radius 1 is 1.13 bits per heavy atom. The number of likely N-dealkylation sites (tertiary alicyclic amines) is 1. The molecule has 1 aliphatic heterocycles. The Kier molecular flexibility index (Phi) is 5.62. The standard InChI is InChI=1S/C17H22N2O4/c1-4-16(20)18-13-11-15(23-3)14(22-2)10-12(13)17(21)19-8-6-5-7-9-19/h4,10-11H,1,5-9H2,2-3H3,(H,18,20). The van der Waals surface area contributed by atoms with Crippen LogP contribution < -0.4 is 14.8 Å². The van der Waals surface area contributed by atoms with E-state index in [1.807, 2.05) is 0 Å². The SMILES string of the molecule is C=CC(=O)Nc1cc(OC)c(OC)cc1C(=O)N1CCCCC1. The Labute approximate surface area is 136 Å². The molecular weight excluding hydrogens is 296 g/mol. The number of nitrogens with zero attached hydrogens (tertiary/aromatic N) is 1. The van der Waals surface area contributed by atoms with E-state index in [2.05, 4.69) is 11.9 Å². The maximum Gasteiger partial charge on any atom is 0.256 e. The van der Waals surface area contributed by atoms with Crippen molar-refractivity contribution >= 4 is 17.5 Å². The summed E-state index contributed by atoms with van der Waals surface area (Å²) < 4.78 is 10.5. The molecule has 0 aliphatic carbocycles. The van der Waals surface area contributed by atoms with Gasteiger partial charge in [-0.25, -0.2) is 0 Å². The maximum absolute atomic E-state index is 12.8. The molecule has 0 bridgehead atoms. The molecule has 0 radical (unpaired) electrons. The van der Waals surface area contributed by atoms with Crippen molar-refractivity contribution in [3.63, 3.8) is 0 Å². The van der Waals surface area contributed by atoms with Crippen LogP contribution in [0.2, 0.25) is 0 Å². The summed E-state index contributed by atoms with van der Waals surface area (Å²) in [6.45, 7) is 4.88. The highest BCUT2D eigenvalue weighted by Crippen LogP contribution is 2.34. The van der Waals surface area contributed by atoms with Gasteiger partial charge in [0.1, 0.15) is 0 Å². The van der Waals surface area contributed by atoms with Crippen LogP contribution in [-0.2, 0) is 4.79 Å². The third-order valence-corrected chi connectivity index (χ3v) is 3.84. The van der Waals surface area contributed by atoms with E-state index in [4.69, 9.17) is 9.47 Å². The quantitative estimate of drug-likeness (QED) is 0.847. The summed E-state index contributed by atoms with van der Waals surface area (Å²) in [5.74, 6) is 0.390. The van der Waals surface area contributed by atoms with Gasteiger partial charge >= 0.3 is 0 Å². The number of ether oxygens (including phenoxy) is 2. The van der Waals surface area contributed by atoms with Crippen molar-refractivity contribution in [2.75, 3.05) is 32.6 Å². The van der Waals surface area contributed by atoms with Crippen molar-refractivity contribution in [2.24, 2.45) is 0 Å². The van der Waals surface area contributed by atoms with Crippen LogP contribution in [0.25, 0.3) is 0 Å². The summed E-state index contributed by atoms with van der Waals surface area (Å²) in [4.78, 5) is 26.3. The molecule has 2 rings (SSSR count). The van der Waals surface area contributed by atoms with Crippen LogP contribution in [0.5, 0.6) is 11.5 Å². The second kappa shape index (κ2) is 7.67. The van der Waals surface area contributed by atoms with Crippen LogP contribution in [0.1, 0.15) is 29.6 Å². The molecule has 1 saturated heterocycles. The zero-order valence-corrected chi connectivity index (χ0v) is 13.6. The number of carbonyl (C=O) groups is 2. The van der Waals surface area contributed by atoms with Gasteiger partial charge in [0, 0.05) is 19.2 Å². The number of amides is 2. The van der Waals surface area contributed by atoms with E-state index in [0.717, 1.165) is 38.4 Å². The number of benzene rings is 1. The summed E-state index contributed by atoms with van der Waals surface area (Å²) >= 11 is 0. The van der Waals surface area contributed by atoms with Crippen LogP contribution >= 0.6 is 0 Å². The van der Waals surface area contributed by atoms with Crippen LogP contribution in [0.3, 0.4) is 0 Å². The van der Waals surface area contributed by atoms with Gasteiger partial charge in [-0.1, -0.05) is 6.58 Å². The minimum atomic E-state index is -0.384. The van der Waals surface area contributed by atoms with Gasteiger partial charge in [0.25, 0.3) is 5.91 Å². The minimum Gasteiger partial charge on any atom is -0.493 e. The fourth-order valence-electron chi connectivity index (χ4n) is 2.61. The van der Waals surface area contributed by atoms with Crippen LogP contribution in [0.4, 0.5) is 5.69 Å². The summed E-state index contributed by atoms with van der Waals surface area (Å²) in [5, 5.41) is 2.67. The third-order valence-electron chi connectivity index (χ3n) is 3.84. The van der Waals surface area contributed by atoms with Gasteiger partial charge in [0.05, 0.1) is 25.5 Å². The van der Waals surface area contributed by atoms with E-state index in [0.29, 0.717) is 22.7 Å². The lowest BCUT2D eigenvalue weighted by molar-refractivity contribution is -0.111. The van der Waals surface area contributed by atoms with Crippen molar-refractivity contribution in [3.05, 3.63) is 30.4 Å². The number of hydrogen-bond acceptors (Lipinski definition) is 4. The molecule has 1 fully saturated rings. The highest BCUT2D eigenvalue weighted by molar-refractivity contribution is 6.07. The van der Waals surface area contributed by atoms with E-state index >= 15 is 0 Å². The molecule has 0 atom stereocenters. The maximum atomic E-state index is 12.8. The monoisotopic (exact) mass is 318 g/mol. The predicted molar refractivity (Wildman–Crippen MR) is 88.1 cm³/mol. The predicted octanol–water partition coefficient (Wildman–Crippen LogP) is 2.45. The first-order valence-corrected chi connectivity index (χ1v) is 7.59. The second-order valence-corrected chi connectivity index (χ2v) is 5.30. The van der Waals surface area contributed by atoms with Gasteiger partial charge in [-0.2, -0.15) is 0 Å². The molecule has 0 saturated carbocycles. The van der Waals surface area contributed by atoms with Gasteiger partial charge in [-0.15, -0.1) is 0 Å². The van der Waals surface area contributed by atoms with Gasteiger partial charge in [-0.05, 0) is 31.4 Å². The van der Waals surface area contributed by atoms with Crippen molar-refractivity contribution < 1.29 is 19.1 Å². The number of methoxy groups -OCH3 is 2. The highest BCUT2D eigenvalue weighted by atomic mass is 16.5. The summed E-state index contributed by atoms with van der Waals surface area (Å²) in [6, 6.07) is 3.20. The summed E-state index contributed by atoms with van der Waals surface area (Å²) in [5.41, 5.74) is 0.780. The number of rotatable bonds is 5. The molecule has 2 amide bonds. The first kappa shape index (κ1) is 16.9. The Morgan fingerprint density at radius 3 is 2.30 bits per heavy atom. The Morgan fingerprint density at radius 2 is 1.74 bits per heavy atom. The van der Waals surface area contributed by atoms with Gasteiger partial charge in [0.2, 0.25) is 5.91 Å². The molecule has 1 aliphatic rings. The first-order valence-electron chi connectivity index (χ1n) is 7.59. The topological polar surface area (TPSA) is 67.9 Å². The number of nitrogens with one attached hydrogen (secondary N) is 1. The minimum absolute atomic E-state index is 0.120. The second-order valence-electron chi connectivity index (χ2n) is 5.30. The highest BCUT2D eigenvalue weighted by Gasteiger charge is 2.23. The van der Waals surface area contributed by atoms with Crippen molar-refractivity contribution in [3.8, 4) is 11.5 Å². The molecule has 1 aromatic carbocycles. The molecule has 0 unspecified atom stereocenters. The third kappa shape index (κ3) is 3.83. The Hall–Kier alpha value is -2.50. The number of anilines is 1. The van der Waals surface area contributed by atoms with E-state index < -0.39 is 0 Å². The largest absolute Gasteiger partial charge is 0.493 e. The fourth-order valence-corrected chi connectivity index (χ4v) is 2.61. The van der Waals surface area contributed by atoms with E-state index in [-0.39, 0.29) is 11.8 Å².